The number of para-hydroxylation sites is 1. The van der Waals surface area contributed by atoms with Crippen molar-refractivity contribution in [2.24, 2.45) is 0 Å². The molecule has 1 aliphatic heterocycles. The van der Waals surface area contributed by atoms with Gasteiger partial charge < -0.3 is 10.2 Å². The minimum Gasteiger partial charge on any atom is -0.382 e. The van der Waals surface area contributed by atoms with Crippen molar-refractivity contribution < 1.29 is 0 Å². The van der Waals surface area contributed by atoms with Gasteiger partial charge in [0.25, 0.3) is 0 Å². The number of fused-ring (bicyclic) bond motifs is 1. The molecule has 0 saturated carbocycles. The fourth-order valence-electron chi connectivity index (χ4n) is 2.77. The van der Waals surface area contributed by atoms with Gasteiger partial charge in [-0.2, -0.15) is 0 Å². The average molecular weight is 232 g/mol. The fraction of sp³-hybridized carbons (Fsp3) is 0.600. The summed E-state index contributed by atoms with van der Waals surface area (Å²) < 4.78 is 0. The van der Waals surface area contributed by atoms with Crippen LogP contribution in [0, 0.1) is 0 Å². The van der Waals surface area contributed by atoms with E-state index in [9.17, 15) is 0 Å². The molecule has 2 heteroatoms. The van der Waals surface area contributed by atoms with Crippen LogP contribution in [0.3, 0.4) is 0 Å². The van der Waals surface area contributed by atoms with E-state index in [-0.39, 0.29) is 0 Å². The normalized spacial score (nSPS) is 23.7. The Bertz CT molecular complexity index is 396. The average Bonchev–Trinajstić information content (AvgIpc) is 2.26. The molecule has 1 aromatic carbocycles. The Morgan fingerprint density at radius 2 is 2.00 bits per heavy atom. The van der Waals surface area contributed by atoms with Gasteiger partial charge in [-0.3, -0.25) is 0 Å². The smallest absolute Gasteiger partial charge is 0.0426 e. The fourth-order valence-corrected chi connectivity index (χ4v) is 2.77. The van der Waals surface area contributed by atoms with Gasteiger partial charge in [-0.25, -0.2) is 0 Å². The van der Waals surface area contributed by atoms with Gasteiger partial charge in [0.15, 0.2) is 0 Å². The minimum absolute atomic E-state index is 0.542. The number of rotatable bonds is 2. The summed E-state index contributed by atoms with van der Waals surface area (Å²) in [4.78, 5) is 2.33. The number of hydrogen-bond acceptors (Lipinski definition) is 2. The van der Waals surface area contributed by atoms with E-state index in [4.69, 9.17) is 0 Å². The standard InChI is InChI=1S/C15H24N2/c1-10(2)12-7-6-8-13-14(17(4)5)9-11(3)16-15(12)13/h6-8,10-11,14,16H,9H2,1-5H3. The zero-order valence-corrected chi connectivity index (χ0v) is 11.6. The van der Waals surface area contributed by atoms with Crippen LogP contribution in [0.1, 0.15) is 50.3 Å². The van der Waals surface area contributed by atoms with Crippen LogP contribution in [-0.2, 0) is 0 Å². The zero-order chi connectivity index (χ0) is 12.6. The minimum atomic E-state index is 0.542. The lowest BCUT2D eigenvalue weighted by molar-refractivity contribution is 0.270. The summed E-state index contributed by atoms with van der Waals surface area (Å²) in [5.74, 6) is 0.575. The van der Waals surface area contributed by atoms with Gasteiger partial charge in [0.1, 0.15) is 0 Å². The Kier molecular flexibility index (Phi) is 3.43. The molecule has 0 spiro atoms. The molecular weight excluding hydrogens is 208 g/mol. The SMILES string of the molecule is CC1CC(N(C)C)c2cccc(C(C)C)c2N1. The molecule has 0 amide bonds. The Hall–Kier alpha value is -1.02. The Balaban J connectivity index is 2.50. The largest absolute Gasteiger partial charge is 0.382 e. The molecule has 94 valence electrons. The first-order chi connectivity index (χ1) is 8.00. The summed E-state index contributed by atoms with van der Waals surface area (Å²) in [5, 5.41) is 3.67. The predicted molar refractivity (Wildman–Crippen MR) is 74.7 cm³/mol. The molecule has 2 rings (SSSR count). The Labute approximate surface area is 105 Å². The molecule has 0 bridgehead atoms. The van der Waals surface area contributed by atoms with Crippen molar-refractivity contribution in [3.8, 4) is 0 Å². The maximum absolute atomic E-state index is 3.67. The van der Waals surface area contributed by atoms with Crippen molar-refractivity contribution in [2.75, 3.05) is 19.4 Å². The molecule has 2 nitrogen and oxygen atoms in total. The molecule has 0 aliphatic carbocycles. The summed E-state index contributed by atoms with van der Waals surface area (Å²) >= 11 is 0. The molecule has 0 aromatic heterocycles. The number of benzene rings is 1. The van der Waals surface area contributed by atoms with Crippen molar-refractivity contribution in [3.63, 3.8) is 0 Å². The highest BCUT2D eigenvalue weighted by Crippen LogP contribution is 2.39. The van der Waals surface area contributed by atoms with E-state index in [1.165, 1.54) is 23.2 Å². The molecule has 2 unspecified atom stereocenters. The maximum atomic E-state index is 3.67. The van der Waals surface area contributed by atoms with Crippen LogP contribution in [0.2, 0.25) is 0 Å². The van der Waals surface area contributed by atoms with Crippen LogP contribution in [0.5, 0.6) is 0 Å². The van der Waals surface area contributed by atoms with E-state index in [2.05, 4.69) is 63.3 Å². The number of hydrogen-bond donors (Lipinski definition) is 1. The second-order valence-corrected chi connectivity index (χ2v) is 5.73. The first kappa shape index (κ1) is 12.4. The highest BCUT2D eigenvalue weighted by atomic mass is 15.1. The Morgan fingerprint density at radius 1 is 1.29 bits per heavy atom. The molecule has 1 N–H and O–H groups in total. The summed E-state index contributed by atoms with van der Waals surface area (Å²) in [5.41, 5.74) is 4.28. The van der Waals surface area contributed by atoms with Crippen LogP contribution in [0.15, 0.2) is 18.2 Å². The van der Waals surface area contributed by atoms with E-state index in [1.807, 2.05) is 0 Å². The van der Waals surface area contributed by atoms with Crippen LogP contribution in [0.4, 0.5) is 5.69 Å². The molecule has 2 atom stereocenters. The van der Waals surface area contributed by atoms with Gasteiger partial charge in [-0.05, 0) is 44.5 Å². The summed E-state index contributed by atoms with van der Waals surface area (Å²) in [6.45, 7) is 6.80. The van der Waals surface area contributed by atoms with Gasteiger partial charge in [0, 0.05) is 17.8 Å². The highest BCUT2D eigenvalue weighted by Gasteiger charge is 2.27. The van der Waals surface area contributed by atoms with Gasteiger partial charge in [0.2, 0.25) is 0 Å². The van der Waals surface area contributed by atoms with Crippen molar-refractivity contribution in [3.05, 3.63) is 29.3 Å². The van der Waals surface area contributed by atoms with Crippen molar-refractivity contribution >= 4 is 5.69 Å². The van der Waals surface area contributed by atoms with Gasteiger partial charge in [0.05, 0.1) is 0 Å². The number of anilines is 1. The molecule has 1 aliphatic rings. The lowest BCUT2D eigenvalue weighted by Crippen LogP contribution is -2.33. The first-order valence-electron chi connectivity index (χ1n) is 6.56. The molecule has 0 radical (unpaired) electrons. The predicted octanol–water partition coefficient (Wildman–Crippen LogP) is 3.62. The summed E-state index contributed by atoms with van der Waals surface area (Å²) in [6, 6.07) is 7.81. The van der Waals surface area contributed by atoms with E-state index in [1.54, 1.807) is 0 Å². The van der Waals surface area contributed by atoms with Crippen molar-refractivity contribution in [1.29, 1.82) is 0 Å². The molecule has 1 heterocycles. The molecule has 17 heavy (non-hydrogen) atoms. The highest BCUT2D eigenvalue weighted by molar-refractivity contribution is 5.62. The molecule has 0 saturated heterocycles. The van der Waals surface area contributed by atoms with Crippen LogP contribution < -0.4 is 5.32 Å². The third-order valence-electron chi connectivity index (χ3n) is 3.70. The molecule has 1 aromatic rings. The second kappa shape index (κ2) is 4.69. The van der Waals surface area contributed by atoms with E-state index >= 15 is 0 Å². The van der Waals surface area contributed by atoms with Crippen LogP contribution >= 0.6 is 0 Å². The number of nitrogens with one attached hydrogen (secondary N) is 1. The lowest BCUT2D eigenvalue weighted by Gasteiger charge is -2.37. The van der Waals surface area contributed by atoms with Gasteiger partial charge >= 0.3 is 0 Å². The first-order valence-corrected chi connectivity index (χ1v) is 6.56. The van der Waals surface area contributed by atoms with Crippen LogP contribution in [0.25, 0.3) is 0 Å². The second-order valence-electron chi connectivity index (χ2n) is 5.73. The van der Waals surface area contributed by atoms with E-state index in [0.29, 0.717) is 18.0 Å². The quantitative estimate of drug-likeness (QED) is 0.838. The van der Waals surface area contributed by atoms with Crippen LogP contribution in [-0.4, -0.2) is 25.0 Å². The van der Waals surface area contributed by atoms with Crippen molar-refractivity contribution in [1.82, 2.24) is 4.90 Å². The topological polar surface area (TPSA) is 15.3 Å². The lowest BCUT2D eigenvalue weighted by atomic mass is 9.88. The molecule has 0 fully saturated rings. The third-order valence-corrected chi connectivity index (χ3v) is 3.70. The monoisotopic (exact) mass is 232 g/mol. The van der Waals surface area contributed by atoms with Gasteiger partial charge in [-0.15, -0.1) is 0 Å². The molecular formula is C15H24N2. The summed E-state index contributed by atoms with van der Waals surface area (Å²) in [6.07, 6.45) is 1.18. The summed E-state index contributed by atoms with van der Waals surface area (Å²) in [7, 11) is 4.35. The van der Waals surface area contributed by atoms with Crippen molar-refractivity contribution in [2.45, 2.75) is 45.2 Å². The number of nitrogens with zero attached hydrogens (tertiary/aromatic N) is 1. The van der Waals surface area contributed by atoms with Gasteiger partial charge in [-0.1, -0.05) is 32.0 Å². The maximum Gasteiger partial charge on any atom is 0.0426 e. The third kappa shape index (κ3) is 2.32. The van der Waals surface area contributed by atoms with E-state index in [0.717, 1.165) is 0 Å². The zero-order valence-electron chi connectivity index (χ0n) is 11.6. The Morgan fingerprint density at radius 3 is 2.59 bits per heavy atom. The van der Waals surface area contributed by atoms with E-state index < -0.39 is 0 Å².